The summed E-state index contributed by atoms with van der Waals surface area (Å²) in [6.07, 6.45) is 4.73. The quantitative estimate of drug-likeness (QED) is 0.422. The molecule has 0 saturated carbocycles. The second kappa shape index (κ2) is 9.88. The number of nitrogens with zero attached hydrogens (tertiary/aromatic N) is 1. The summed E-state index contributed by atoms with van der Waals surface area (Å²) in [5.41, 5.74) is 5.93. The summed E-state index contributed by atoms with van der Waals surface area (Å²) < 4.78 is 0. The fourth-order valence-corrected chi connectivity index (χ4v) is 4.01. The molecule has 3 aromatic rings. The van der Waals surface area contributed by atoms with E-state index in [9.17, 15) is 4.79 Å². The molecule has 0 bridgehead atoms. The van der Waals surface area contributed by atoms with Crippen molar-refractivity contribution in [2.24, 2.45) is 0 Å². The van der Waals surface area contributed by atoms with Gasteiger partial charge in [-0.2, -0.15) is 0 Å². The van der Waals surface area contributed by atoms with E-state index in [0.717, 1.165) is 43.1 Å². The first-order chi connectivity index (χ1) is 14.7. The third-order valence-electron chi connectivity index (χ3n) is 5.69. The molecule has 4 rings (SSSR count). The minimum Gasteiger partial charge on any atom is -0.299 e. The van der Waals surface area contributed by atoms with E-state index in [4.69, 9.17) is 11.6 Å². The highest BCUT2D eigenvalue weighted by molar-refractivity contribution is 6.30. The van der Waals surface area contributed by atoms with E-state index < -0.39 is 0 Å². The number of halogens is 1. The van der Waals surface area contributed by atoms with Crippen LogP contribution in [0.1, 0.15) is 39.9 Å². The SMILES string of the molecule is O=C(CCN1CC=C(c2ccc(Cl)cc2)CC1)c1ccc(Cc2ccccc2)cc1. The average molecular weight is 416 g/mol. The van der Waals surface area contributed by atoms with Crippen LogP contribution in [0.2, 0.25) is 5.02 Å². The molecular formula is C27H26ClNO. The topological polar surface area (TPSA) is 20.3 Å². The van der Waals surface area contributed by atoms with Gasteiger partial charge in [0.25, 0.3) is 0 Å². The summed E-state index contributed by atoms with van der Waals surface area (Å²) in [6.45, 7) is 2.67. The van der Waals surface area contributed by atoms with E-state index in [-0.39, 0.29) is 5.78 Å². The molecular weight excluding hydrogens is 390 g/mol. The first kappa shape index (κ1) is 20.6. The first-order valence-corrected chi connectivity index (χ1v) is 10.9. The Morgan fingerprint density at radius 2 is 1.57 bits per heavy atom. The molecule has 1 aliphatic rings. The van der Waals surface area contributed by atoms with E-state index in [1.54, 1.807) is 0 Å². The van der Waals surface area contributed by atoms with Gasteiger partial charge in [0.2, 0.25) is 0 Å². The Bertz CT molecular complexity index is 1010. The number of carbonyl (C=O) groups excluding carboxylic acids is 1. The Kier molecular flexibility index (Phi) is 6.78. The Balaban J connectivity index is 1.27. The van der Waals surface area contributed by atoms with E-state index in [2.05, 4.69) is 59.5 Å². The van der Waals surface area contributed by atoms with Crippen molar-refractivity contribution in [2.45, 2.75) is 19.3 Å². The van der Waals surface area contributed by atoms with Crippen molar-refractivity contribution in [1.29, 1.82) is 0 Å². The molecule has 0 radical (unpaired) electrons. The van der Waals surface area contributed by atoms with Crippen LogP contribution in [0.25, 0.3) is 5.57 Å². The zero-order valence-corrected chi connectivity index (χ0v) is 17.8. The highest BCUT2D eigenvalue weighted by atomic mass is 35.5. The maximum absolute atomic E-state index is 12.6. The van der Waals surface area contributed by atoms with Crippen molar-refractivity contribution in [1.82, 2.24) is 4.90 Å². The van der Waals surface area contributed by atoms with Crippen molar-refractivity contribution < 1.29 is 4.79 Å². The average Bonchev–Trinajstić information content (AvgIpc) is 2.80. The van der Waals surface area contributed by atoms with Crippen LogP contribution in [0.3, 0.4) is 0 Å². The predicted octanol–water partition coefficient (Wildman–Crippen LogP) is 6.29. The van der Waals surface area contributed by atoms with Crippen molar-refractivity contribution in [3.8, 4) is 0 Å². The van der Waals surface area contributed by atoms with Gasteiger partial charge in [0.05, 0.1) is 0 Å². The summed E-state index contributed by atoms with van der Waals surface area (Å²) in [5, 5.41) is 0.767. The standard InChI is InChI=1S/C27H26ClNO/c28-26-12-10-23(11-13-26)24-14-17-29(18-15-24)19-16-27(30)25-8-6-22(7-9-25)20-21-4-2-1-3-5-21/h1-14H,15-20H2. The van der Waals surface area contributed by atoms with Crippen LogP contribution in [-0.2, 0) is 6.42 Å². The number of ketones is 1. The van der Waals surface area contributed by atoms with Crippen molar-refractivity contribution in [2.75, 3.05) is 19.6 Å². The number of hydrogen-bond donors (Lipinski definition) is 0. The Labute approximate surface area is 183 Å². The molecule has 0 saturated heterocycles. The van der Waals surface area contributed by atoms with Crippen LogP contribution in [0, 0.1) is 0 Å². The molecule has 0 aliphatic carbocycles. The summed E-state index contributed by atoms with van der Waals surface area (Å²) in [5.74, 6) is 0.216. The smallest absolute Gasteiger partial charge is 0.164 e. The second-order valence-corrected chi connectivity index (χ2v) is 8.26. The Hall–Kier alpha value is -2.68. The van der Waals surface area contributed by atoms with Crippen molar-refractivity contribution in [3.05, 3.63) is 112 Å². The lowest BCUT2D eigenvalue weighted by Crippen LogP contribution is -2.30. The fraction of sp³-hybridized carbons (Fsp3) is 0.222. The number of rotatable bonds is 7. The summed E-state index contributed by atoms with van der Waals surface area (Å²) in [6, 6.07) is 26.5. The molecule has 0 fully saturated rings. The summed E-state index contributed by atoms with van der Waals surface area (Å²) >= 11 is 5.98. The monoisotopic (exact) mass is 415 g/mol. The zero-order valence-electron chi connectivity index (χ0n) is 17.1. The molecule has 0 amide bonds. The van der Waals surface area contributed by atoms with Crippen LogP contribution in [0.15, 0.2) is 84.9 Å². The van der Waals surface area contributed by atoms with Crippen LogP contribution < -0.4 is 0 Å². The molecule has 3 aromatic carbocycles. The second-order valence-electron chi connectivity index (χ2n) is 7.82. The van der Waals surface area contributed by atoms with E-state index in [1.807, 2.05) is 30.3 Å². The molecule has 3 heteroatoms. The highest BCUT2D eigenvalue weighted by Gasteiger charge is 2.15. The number of benzene rings is 3. The minimum absolute atomic E-state index is 0.216. The van der Waals surface area contributed by atoms with Crippen LogP contribution >= 0.6 is 11.6 Å². The van der Waals surface area contributed by atoms with Gasteiger partial charge in [-0.25, -0.2) is 0 Å². The predicted molar refractivity (Wildman–Crippen MR) is 125 cm³/mol. The molecule has 1 heterocycles. The summed E-state index contributed by atoms with van der Waals surface area (Å²) in [4.78, 5) is 15.0. The van der Waals surface area contributed by atoms with Gasteiger partial charge < -0.3 is 0 Å². The number of carbonyl (C=O) groups is 1. The molecule has 2 nitrogen and oxygen atoms in total. The van der Waals surface area contributed by atoms with Crippen LogP contribution in [0.5, 0.6) is 0 Å². The highest BCUT2D eigenvalue weighted by Crippen LogP contribution is 2.24. The molecule has 0 spiro atoms. The van der Waals surface area contributed by atoms with Gasteiger partial charge in [0.15, 0.2) is 5.78 Å². The lowest BCUT2D eigenvalue weighted by molar-refractivity contribution is 0.0966. The summed E-state index contributed by atoms with van der Waals surface area (Å²) in [7, 11) is 0. The molecule has 0 N–H and O–H groups in total. The lowest BCUT2D eigenvalue weighted by Gasteiger charge is -2.26. The van der Waals surface area contributed by atoms with Gasteiger partial charge in [-0.05, 0) is 47.2 Å². The normalized spacial score (nSPS) is 14.4. The van der Waals surface area contributed by atoms with Gasteiger partial charge in [-0.3, -0.25) is 9.69 Å². The molecule has 30 heavy (non-hydrogen) atoms. The van der Waals surface area contributed by atoms with Crippen molar-refractivity contribution in [3.63, 3.8) is 0 Å². The Morgan fingerprint density at radius 3 is 2.23 bits per heavy atom. The van der Waals surface area contributed by atoms with Gasteiger partial charge in [-0.1, -0.05) is 84.4 Å². The number of hydrogen-bond acceptors (Lipinski definition) is 2. The van der Waals surface area contributed by atoms with E-state index in [1.165, 1.54) is 22.3 Å². The molecule has 0 atom stereocenters. The minimum atomic E-state index is 0.216. The maximum Gasteiger partial charge on any atom is 0.164 e. The third kappa shape index (κ3) is 5.47. The van der Waals surface area contributed by atoms with Crippen LogP contribution in [-0.4, -0.2) is 30.3 Å². The third-order valence-corrected chi connectivity index (χ3v) is 5.94. The van der Waals surface area contributed by atoms with E-state index >= 15 is 0 Å². The largest absolute Gasteiger partial charge is 0.299 e. The van der Waals surface area contributed by atoms with Gasteiger partial charge in [0.1, 0.15) is 0 Å². The van der Waals surface area contributed by atoms with Gasteiger partial charge in [0, 0.05) is 36.6 Å². The lowest BCUT2D eigenvalue weighted by atomic mass is 9.99. The first-order valence-electron chi connectivity index (χ1n) is 10.5. The molecule has 0 unspecified atom stereocenters. The van der Waals surface area contributed by atoms with Crippen LogP contribution in [0.4, 0.5) is 0 Å². The van der Waals surface area contributed by atoms with Gasteiger partial charge >= 0.3 is 0 Å². The Morgan fingerprint density at radius 1 is 0.867 bits per heavy atom. The van der Waals surface area contributed by atoms with Crippen molar-refractivity contribution >= 4 is 23.0 Å². The molecule has 152 valence electrons. The van der Waals surface area contributed by atoms with E-state index in [0.29, 0.717) is 6.42 Å². The fourth-order valence-electron chi connectivity index (χ4n) is 3.88. The zero-order chi connectivity index (χ0) is 20.8. The molecule has 0 aromatic heterocycles. The van der Waals surface area contributed by atoms with Gasteiger partial charge in [-0.15, -0.1) is 0 Å². The molecule has 1 aliphatic heterocycles. The maximum atomic E-state index is 12.6. The number of Topliss-reactive ketones (excluding diaryl/α,β-unsaturated/α-hetero) is 1.